The number of nitrogens with two attached hydrogens (primary N) is 1. The molecule has 0 aromatic heterocycles. The highest BCUT2D eigenvalue weighted by molar-refractivity contribution is 5.78. The molecule has 0 bridgehead atoms. The lowest BCUT2D eigenvalue weighted by molar-refractivity contribution is -0.123. The first-order valence-electron chi connectivity index (χ1n) is 7.46. The molecule has 1 amide bonds. The van der Waals surface area contributed by atoms with Gasteiger partial charge < -0.3 is 15.8 Å². The van der Waals surface area contributed by atoms with Crippen molar-refractivity contribution in [2.45, 2.75) is 50.1 Å². The van der Waals surface area contributed by atoms with Gasteiger partial charge in [0.1, 0.15) is 12.4 Å². The topological polar surface area (TPSA) is 64.4 Å². The molecule has 1 unspecified atom stereocenters. The van der Waals surface area contributed by atoms with E-state index in [4.69, 9.17) is 10.5 Å². The summed E-state index contributed by atoms with van der Waals surface area (Å²) in [5.41, 5.74) is 7.10. The van der Waals surface area contributed by atoms with E-state index in [1.165, 1.54) is 6.42 Å². The number of amides is 1. The van der Waals surface area contributed by atoms with Crippen LogP contribution in [0.25, 0.3) is 0 Å². The number of carbonyl (C=O) groups is 1. The largest absolute Gasteiger partial charge is 0.491 e. The highest BCUT2D eigenvalue weighted by Crippen LogP contribution is 2.33. The van der Waals surface area contributed by atoms with E-state index in [1.54, 1.807) is 0 Å². The maximum absolute atomic E-state index is 12.2. The van der Waals surface area contributed by atoms with Gasteiger partial charge in [-0.05, 0) is 18.9 Å². The Morgan fingerprint density at radius 1 is 1.30 bits per heavy atom. The first-order chi connectivity index (χ1) is 9.66. The molecule has 108 valence electrons. The molecule has 0 spiro atoms. The lowest BCUT2D eigenvalue weighted by atomic mass is 9.80. The Balaban J connectivity index is 1.60. The Morgan fingerprint density at radius 2 is 2.05 bits per heavy atom. The van der Waals surface area contributed by atoms with Crippen LogP contribution in [0.2, 0.25) is 0 Å². The molecule has 1 aromatic carbocycles. The summed E-state index contributed by atoms with van der Waals surface area (Å²) in [6.45, 7) is 0.517. The van der Waals surface area contributed by atoms with Gasteiger partial charge in [0, 0.05) is 17.5 Å². The second-order valence-corrected chi connectivity index (χ2v) is 6.07. The van der Waals surface area contributed by atoms with Gasteiger partial charge >= 0.3 is 0 Å². The van der Waals surface area contributed by atoms with E-state index in [-0.39, 0.29) is 17.5 Å². The Morgan fingerprint density at radius 3 is 2.85 bits per heavy atom. The van der Waals surface area contributed by atoms with Crippen LogP contribution >= 0.6 is 0 Å². The number of nitrogens with one attached hydrogen (secondary N) is 1. The molecule has 1 saturated carbocycles. The summed E-state index contributed by atoms with van der Waals surface area (Å²) in [4.78, 5) is 12.2. The van der Waals surface area contributed by atoms with Gasteiger partial charge in [0.2, 0.25) is 5.91 Å². The normalized spacial score (nSPS) is 23.8. The number of carbonyl (C=O) groups excluding carboxylic acids is 1. The van der Waals surface area contributed by atoms with Crippen LogP contribution < -0.4 is 15.8 Å². The Bertz CT molecular complexity index is 495. The van der Waals surface area contributed by atoms with E-state index in [9.17, 15) is 4.79 Å². The van der Waals surface area contributed by atoms with Crippen molar-refractivity contribution in [3.8, 4) is 5.75 Å². The Hall–Kier alpha value is -1.55. The SMILES string of the molecule is NC1(CC(=O)NC2COc3ccccc32)CCCCC1. The van der Waals surface area contributed by atoms with Crippen LogP contribution in [0, 0.1) is 0 Å². The van der Waals surface area contributed by atoms with Crippen LogP contribution in [0.3, 0.4) is 0 Å². The van der Waals surface area contributed by atoms with Gasteiger partial charge in [-0.1, -0.05) is 37.5 Å². The summed E-state index contributed by atoms with van der Waals surface area (Å²) in [6, 6.07) is 7.82. The van der Waals surface area contributed by atoms with Gasteiger partial charge in [0.15, 0.2) is 0 Å². The number of hydrogen-bond donors (Lipinski definition) is 2. The monoisotopic (exact) mass is 274 g/mol. The maximum Gasteiger partial charge on any atom is 0.222 e. The van der Waals surface area contributed by atoms with Crippen LogP contribution in [-0.4, -0.2) is 18.1 Å². The van der Waals surface area contributed by atoms with Crippen molar-refractivity contribution >= 4 is 5.91 Å². The van der Waals surface area contributed by atoms with Crippen LogP contribution in [0.5, 0.6) is 5.75 Å². The number of rotatable bonds is 3. The molecule has 4 heteroatoms. The van der Waals surface area contributed by atoms with Gasteiger partial charge in [0.25, 0.3) is 0 Å². The first kappa shape index (κ1) is 13.4. The molecule has 1 aliphatic heterocycles. The molecule has 0 saturated heterocycles. The molecule has 2 aliphatic rings. The smallest absolute Gasteiger partial charge is 0.222 e. The molecule has 0 radical (unpaired) electrons. The molecule has 3 N–H and O–H groups in total. The van der Waals surface area contributed by atoms with Crippen molar-refractivity contribution in [3.63, 3.8) is 0 Å². The van der Waals surface area contributed by atoms with Gasteiger partial charge in [-0.15, -0.1) is 0 Å². The lowest BCUT2D eigenvalue weighted by Crippen LogP contribution is -2.46. The number of fused-ring (bicyclic) bond motifs is 1. The van der Waals surface area contributed by atoms with Crippen molar-refractivity contribution in [3.05, 3.63) is 29.8 Å². The summed E-state index contributed by atoms with van der Waals surface area (Å²) < 4.78 is 5.58. The Labute approximate surface area is 119 Å². The maximum atomic E-state index is 12.2. The third kappa shape index (κ3) is 2.80. The average molecular weight is 274 g/mol. The lowest BCUT2D eigenvalue weighted by Gasteiger charge is -2.33. The molecular weight excluding hydrogens is 252 g/mol. The Kier molecular flexibility index (Phi) is 3.66. The molecule has 1 fully saturated rings. The van der Waals surface area contributed by atoms with Crippen LogP contribution in [0.1, 0.15) is 50.1 Å². The van der Waals surface area contributed by atoms with Gasteiger partial charge in [-0.2, -0.15) is 0 Å². The molecule has 4 nitrogen and oxygen atoms in total. The van der Waals surface area contributed by atoms with E-state index >= 15 is 0 Å². The minimum Gasteiger partial charge on any atom is -0.491 e. The summed E-state index contributed by atoms with van der Waals surface area (Å²) >= 11 is 0. The fraction of sp³-hybridized carbons (Fsp3) is 0.562. The minimum absolute atomic E-state index is 0.0362. The fourth-order valence-electron chi connectivity index (χ4n) is 3.28. The molecule has 1 heterocycles. The zero-order valence-corrected chi connectivity index (χ0v) is 11.7. The molecule has 3 rings (SSSR count). The van der Waals surface area contributed by atoms with E-state index < -0.39 is 0 Å². The predicted octanol–water partition coefficient (Wildman–Crippen LogP) is 2.29. The number of benzene rings is 1. The molecule has 20 heavy (non-hydrogen) atoms. The molecule has 1 aromatic rings. The fourth-order valence-corrected chi connectivity index (χ4v) is 3.28. The highest BCUT2D eigenvalue weighted by atomic mass is 16.5. The van der Waals surface area contributed by atoms with Crippen LogP contribution in [-0.2, 0) is 4.79 Å². The van der Waals surface area contributed by atoms with Crippen molar-refractivity contribution in [1.82, 2.24) is 5.32 Å². The standard InChI is InChI=1S/C16H22N2O2/c17-16(8-4-1-5-9-16)10-15(19)18-13-11-20-14-7-3-2-6-12(13)14/h2-3,6-7,13H,1,4-5,8-11,17H2,(H,18,19). The van der Waals surface area contributed by atoms with E-state index in [0.29, 0.717) is 13.0 Å². The predicted molar refractivity (Wildman–Crippen MR) is 77.4 cm³/mol. The van der Waals surface area contributed by atoms with Gasteiger partial charge in [-0.25, -0.2) is 0 Å². The first-order valence-corrected chi connectivity index (χ1v) is 7.46. The molecule has 1 aliphatic carbocycles. The number of para-hydroxylation sites is 1. The number of ether oxygens (including phenoxy) is 1. The van der Waals surface area contributed by atoms with E-state index in [1.807, 2.05) is 24.3 Å². The van der Waals surface area contributed by atoms with E-state index in [0.717, 1.165) is 37.0 Å². The third-order valence-corrected chi connectivity index (χ3v) is 4.40. The third-order valence-electron chi connectivity index (χ3n) is 4.40. The minimum atomic E-state index is -0.304. The van der Waals surface area contributed by atoms with Crippen LogP contribution in [0.4, 0.5) is 0 Å². The molecule has 1 atom stereocenters. The summed E-state index contributed by atoms with van der Waals surface area (Å²) in [6.07, 6.45) is 5.85. The van der Waals surface area contributed by atoms with E-state index in [2.05, 4.69) is 5.32 Å². The van der Waals surface area contributed by atoms with Gasteiger partial charge in [-0.3, -0.25) is 4.79 Å². The molecular formula is C16H22N2O2. The van der Waals surface area contributed by atoms with Gasteiger partial charge in [0.05, 0.1) is 6.04 Å². The van der Waals surface area contributed by atoms with Crippen LogP contribution in [0.15, 0.2) is 24.3 Å². The second-order valence-electron chi connectivity index (χ2n) is 6.07. The summed E-state index contributed by atoms with van der Waals surface area (Å²) in [7, 11) is 0. The second kappa shape index (κ2) is 5.44. The summed E-state index contributed by atoms with van der Waals surface area (Å²) in [5, 5.41) is 3.06. The van der Waals surface area contributed by atoms with Crippen molar-refractivity contribution < 1.29 is 9.53 Å². The van der Waals surface area contributed by atoms with Crippen molar-refractivity contribution in [2.75, 3.05) is 6.61 Å². The zero-order valence-electron chi connectivity index (χ0n) is 11.7. The zero-order chi connectivity index (χ0) is 14.0. The van der Waals surface area contributed by atoms with Crippen molar-refractivity contribution in [2.24, 2.45) is 5.73 Å². The summed E-state index contributed by atoms with van der Waals surface area (Å²) in [5.74, 6) is 0.914. The van der Waals surface area contributed by atoms with Crippen molar-refractivity contribution in [1.29, 1.82) is 0 Å². The average Bonchev–Trinajstić information content (AvgIpc) is 2.82. The highest BCUT2D eigenvalue weighted by Gasteiger charge is 2.32. The quantitative estimate of drug-likeness (QED) is 0.889. The number of hydrogen-bond acceptors (Lipinski definition) is 3.